The van der Waals surface area contributed by atoms with E-state index >= 15 is 0 Å². The van der Waals surface area contributed by atoms with Crippen LogP contribution in [0.15, 0.2) is 0 Å². The summed E-state index contributed by atoms with van der Waals surface area (Å²) in [4.78, 5) is 15.1. The molecule has 4 bridgehead atoms. The van der Waals surface area contributed by atoms with Crippen LogP contribution in [-0.4, -0.2) is 35.0 Å². The van der Waals surface area contributed by atoms with Crippen LogP contribution in [0.1, 0.15) is 72.1 Å². The van der Waals surface area contributed by atoms with Crippen LogP contribution in [0.4, 0.5) is 0 Å². The largest absolute Gasteiger partial charge is 0.443 e. The minimum absolute atomic E-state index is 0.0104. The first-order valence-electron chi connectivity index (χ1n) is 9.50. The Hall–Kier alpha value is -0.610. The predicted octanol–water partition coefficient (Wildman–Crippen LogP) is 3.45. The fraction of sp³-hybridized carbons (Fsp3) is 0.947. The Labute approximate surface area is 138 Å². The Morgan fingerprint density at radius 1 is 1.17 bits per heavy atom. The number of rotatable bonds is 0. The van der Waals surface area contributed by atoms with Crippen molar-refractivity contribution >= 4 is 5.97 Å². The van der Waals surface area contributed by atoms with Crippen molar-refractivity contribution in [3.8, 4) is 0 Å². The minimum atomic E-state index is -0.424. The van der Waals surface area contributed by atoms with Crippen molar-refractivity contribution in [2.24, 2.45) is 16.7 Å². The van der Waals surface area contributed by atoms with Crippen LogP contribution in [0.5, 0.6) is 0 Å². The molecular weight excluding hydrogens is 290 g/mol. The predicted molar refractivity (Wildman–Crippen MR) is 85.4 cm³/mol. The van der Waals surface area contributed by atoms with E-state index in [1.165, 1.54) is 0 Å². The molecule has 0 N–H and O–H groups in total. The highest BCUT2D eigenvalue weighted by Gasteiger charge is 2.75. The molecule has 4 aliphatic heterocycles. The van der Waals surface area contributed by atoms with Gasteiger partial charge >= 0.3 is 5.97 Å². The van der Waals surface area contributed by atoms with E-state index in [1.807, 2.05) is 0 Å². The molecule has 4 heterocycles. The summed E-state index contributed by atoms with van der Waals surface area (Å²) in [6, 6.07) is 0. The third-order valence-corrected chi connectivity index (χ3v) is 8.30. The highest BCUT2D eigenvalue weighted by Crippen LogP contribution is 2.70. The Morgan fingerprint density at radius 3 is 2.83 bits per heavy atom. The Balaban J connectivity index is 1.66. The second kappa shape index (κ2) is 4.13. The van der Waals surface area contributed by atoms with Gasteiger partial charge in [0.2, 0.25) is 0 Å². The van der Waals surface area contributed by atoms with E-state index in [2.05, 4.69) is 25.7 Å². The molecule has 0 aromatic rings. The molecule has 6 atom stereocenters. The SMILES string of the molecule is C[C@H]1C[C@@H]2CN3[C@](CC[C@@]4(C)[C@]5(C)CCC[C@]34OC(=O)C5)(C1)O2. The van der Waals surface area contributed by atoms with Crippen LogP contribution in [0, 0.1) is 16.7 Å². The van der Waals surface area contributed by atoms with Gasteiger partial charge in [0.25, 0.3) is 0 Å². The molecule has 5 fully saturated rings. The quantitative estimate of drug-likeness (QED) is 0.641. The number of carbonyl (C=O) groups is 1. The first-order chi connectivity index (χ1) is 10.8. The van der Waals surface area contributed by atoms with E-state index in [1.54, 1.807) is 0 Å². The van der Waals surface area contributed by atoms with Crippen LogP contribution in [0.2, 0.25) is 0 Å². The molecule has 1 spiro atoms. The Bertz CT molecular complexity index is 579. The molecule has 0 unspecified atom stereocenters. The van der Waals surface area contributed by atoms with Crippen molar-refractivity contribution < 1.29 is 14.3 Å². The van der Waals surface area contributed by atoms with E-state index in [-0.39, 0.29) is 22.5 Å². The third kappa shape index (κ3) is 1.53. The maximum atomic E-state index is 12.5. The summed E-state index contributed by atoms with van der Waals surface area (Å²) in [7, 11) is 0. The topological polar surface area (TPSA) is 38.8 Å². The summed E-state index contributed by atoms with van der Waals surface area (Å²) in [5.74, 6) is 0.713. The average molecular weight is 319 g/mol. The van der Waals surface area contributed by atoms with Gasteiger partial charge in [0.05, 0.1) is 12.5 Å². The molecule has 0 aromatic carbocycles. The number of piperidine rings is 1. The van der Waals surface area contributed by atoms with Crippen LogP contribution in [0.3, 0.4) is 0 Å². The molecule has 4 nitrogen and oxygen atoms in total. The number of nitrogens with zero attached hydrogens (tertiary/aromatic N) is 1. The third-order valence-electron chi connectivity index (χ3n) is 8.30. The molecule has 4 saturated heterocycles. The van der Waals surface area contributed by atoms with Gasteiger partial charge in [-0.3, -0.25) is 4.79 Å². The highest BCUT2D eigenvalue weighted by molar-refractivity contribution is 5.72. The maximum Gasteiger partial charge on any atom is 0.308 e. The number of hydrogen-bond donors (Lipinski definition) is 0. The Morgan fingerprint density at radius 2 is 2.00 bits per heavy atom. The number of hydrogen-bond acceptors (Lipinski definition) is 4. The van der Waals surface area contributed by atoms with Gasteiger partial charge in [-0.25, -0.2) is 4.90 Å². The van der Waals surface area contributed by atoms with Gasteiger partial charge in [-0.15, -0.1) is 0 Å². The second-order valence-electron chi connectivity index (χ2n) is 9.52. The summed E-state index contributed by atoms with van der Waals surface area (Å²) in [5, 5.41) is 0. The maximum absolute atomic E-state index is 12.5. The summed E-state index contributed by atoms with van der Waals surface area (Å²) < 4.78 is 12.8. The number of carbonyl (C=O) groups excluding carboxylic acids is 1. The van der Waals surface area contributed by atoms with Gasteiger partial charge in [-0.2, -0.15) is 0 Å². The fourth-order valence-corrected chi connectivity index (χ4v) is 7.07. The first-order valence-corrected chi connectivity index (χ1v) is 9.50. The molecule has 128 valence electrons. The summed E-state index contributed by atoms with van der Waals surface area (Å²) in [6.07, 6.45) is 8.67. The zero-order valence-electron chi connectivity index (χ0n) is 14.7. The van der Waals surface area contributed by atoms with Gasteiger partial charge < -0.3 is 9.47 Å². The summed E-state index contributed by atoms with van der Waals surface area (Å²) in [6.45, 7) is 8.04. The van der Waals surface area contributed by atoms with E-state index in [0.29, 0.717) is 18.4 Å². The lowest BCUT2D eigenvalue weighted by molar-refractivity contribution is -0.350. The molecule has 0 radical (unpaired) electrons. The molecule has 1 aliphatic carbocycles. The highest BCUT2D eigenvalue weighted by atomic mass is 16.6. The van der Waals surface area contributed by atoms with E-state index in [4.69, 9.17) is 9.47 Å². The van der Waals surface area contributed by atoms with Crippen molar-refractivity contribution in [1.29, 1.82) is 0 Å². The molecule has 4 heteroatoms. The Kier molecular flexibility index (Phi) is 2.64. The monoisotopic (exact) mass is 319 g/mol. The lowest BCUT2D eigenvalue weighted by Gasteiger charge is -2.70. The van der Waals surface area contributed by atoms with Crippen LogP contribution in [0.25, 0.3) is 0 Å². The standard InChI is InChI=1S/C19H29NO3/c1-13-9-14-12-20-18(10-13,22-14)8-7-17(3)16(2)5-4-6-19(17,20)23-15(21)11-16/h13-14H,4-12H2,1-3H3/t13-,14+,16+,17-,18-,19+/m0/s1. The second-order valence-corrected chi connectivity index (χ2v) is 9.52. The minimum Gasteiger partial charge on any atom is -0.443 e. The molecule has 0 aromatic heterocycles. The smallest absolute Gasteiger partial charge is 0.308 e. The molecule has 5 rings (SSSR count). The lowest BCUT2D eigenvalue weighted by atomic mass is 9.47. The summed E-state index contributed by atoms with van der Waals surface area (Å²) in [5.41, 5.74) is -0.462. The summed E-state index contributed by atoms with van der Waals surface area (Å²) >= 11 is 0. The first kappa shape index (κ1) is 14.7. The van der Waals surface area contributed by atoms with Crippen molar-refractivity contribution in [2.45, 2.75) is 89.7 Å². The van der Waals surface area contributed by atoms with Crippen molar-refractivity contribution in [1.82, 2.24) is 4.90 Å². The van der Waals surface area contributed by atoms with Crippen molar-refractivity contribution in [2.75, 3.05) is 6.54 Å². The van der Waals surface area contributed by atoms with E-state index < -0.39 is 5.72 Å². The van der Waals surface area contributed by atoms with Gasteiger partial charge in [0.15, 0.2) is 5.72 Å². The molecule has 0 amide bonds. The van der Waals surface area contributed by atoms with Crippen molar-refractivity contribution in [3.05, 3.63) is 0 Å². The molecule has 23 heavy (non-hydrogen) atoms. The molecule has 1 saturated carbocycles. The van der Waals surface area contributed by atoms with E-state index in [9.17, 15) is 4.79 Å². The van der Waals surface area contributed by atoms with Crippen LogP contribution < -0.4 is 0 Å². The zero-order chi connectivity index (χ0) is 16.1. The number of esters is 1. The van der Waals surface area contributed by atoms with Gasteiger partial charge in [0.1, 0.15) is 5.72 Å². The van der Waals surface area contributed by atoms with E-state index in [0.717, 1.165) is 51.5 Å². The number of ether oxygens (including phenoxy) is 2. The fourth-order valence-electron chi connectivity index (χ4n) is 7.07. The van der Waals surface area contributed by atoms with Crippen molar-refractivity contribution in [3.63, 3.8) is 0 Å². The normalized spacial score (nSPS) is 58.3. The van der Waals surface area contributed by atoms with Crippen LogP contribution >= 0.6 is 0 Å². The zero-order valence-corrected chi connectivity index (χ0v) is 14.7. The van der Waals surface area contributed by atoms with Gasteiger partial charge in [0, 0.05) is 18.4 Å². The average Bonchev–Trinajstić information content (AvgIpc) is 2.72. The van der Waals surface area contributed by atoms with Gasteiger partial charge in [-0.1, -0.05) is 20.8 Å². The van der Waals surface area contributed by atoms with Gasteiger partial charge in [-0.05, 0) is 49.9 Å². The van der Waals surface area contributed by atoms with Crippen LogP contribution in [-0.2, 0) is 14.3 Å². The lowest BCUT2D eigenvalue weighted by Crippen LogP contribution is -2.77. The number of fused-ring (bicyclic) bond motifs is 1. The molecular formula is C19H29NO3. The molecule has 5 aliphatic rings.